The maximum atomic E-state index is 9.90. The summed E-state index contributed by atoms with van der Waals surface area (Å²) >= 11 is 1.53. The fraction of sp³-hybridized carbons (Fsp3) is 0.833. The summed E-state index contributed by atoms with van der Waals surface area (Å²) in [5.74, 6) is 0. The van der Waals surface area contributed by atoms with Crippen molar-refractivity contribution in [2.75, 3.05) is 20.1 Å². The van der Waals surface area contributed by atoms with Crippen LogP contribution in [-0.2, 0) is 4.79 Å². The highest BCUT2D eigenvalue weighted by atomic mass is 32.2. The molecule has 0 aromatic carbocycles. The number of amides is 1. The van der Waals surface area contributed by atoms with E-state index in [1.165, 1.54) is 18.4 Å². The first-order valence-electron chi connectivity index (χ1n) is 3.36. The molecule has 1 rings (SSSR count). The van der Waals surface area contributed by atoms with Gasteiger partial charge in [-0.05, 0) is 32.0 Å². The molecular weight excluding hydrogens is 148 g/mol. The number of nitrogens with one attached hydrogen (secondary N) is 1. The summed E-state index contributed by atoms with van der Waals surface area (Å²) < 4.78 is 2.62. The Kier molecular flexibility index (Phi) is 3.02. The van der Waals surface area contributed by atoms with Gasteiger partial charge >= 0.3 is 0 Å². The van der Waals surface area contributed by atoms with Crippen LogP contribution in [-0.4, -0.2) is 36.7 Å². The van der Waals surface area contributed by atoms with Gasteiger partial charge in [-0.3, -0.25) is 4.79 Å². The SMILES string of the molecule is CN1CCC(SNC=O)C1. The number of likely N-dealkylation sites (tertiary alicyclic amines) is 1. The van der Waals surface area contributed by atoms with Crippen LogP contribution in [0.4, 0.5) is 0 Å². The molecule has 3 nitrogen and oxygen atoms in total. The van der Waals surface area contributed by atoms with E-state index in [0.29, 0.717) is 5.25 Å². The molecule has 0 bridgehead atoms. The lowest BCUT2D eigenvalue weighted by Crippen LogP contribution is -2.17. The van der Waals surface area contributed by atoms with E-state index >= 15 is 0 Å². The van der Waals surface area contributed by atoms with Gasteiger partial charge in [0.1, 0.15) is 0 Å². The molecule has 0 aromatic rings. The average molecular weight is 160 g/mol. The second-order valence-electron chi connectivity index (χ2n) is 2.53. The first kappa shape index (κ1) is 7.88. The largest absolute Gasteiger partial charge is 0.305 e. The summed E-state index contributed by atoms with van der Waals surface area (Å²) in [6.07, 6.45) is 1.92. The van der Waals surface area contributed by atoms with Crippen molar-refractivity contribution >= 4 is 18.4 Å². The van der Waals surface area contributed by atoms with Gasteiger partial charge < -0.3 is 9.62 Å². The Bertz CT molecular complexity index is 120. The van der Waals surface area contributed by atoms with Crippen molar-refractivity contribution in [1.82, 2.24) is 9.62 Å². The van der Waals surface area contributed by atoms with Crippen molar-refractivity contribution in [2.24, 2.45) is 0 Å². The van der Waals surface area contributed by atoms with Gasteiger partial charge in [0.05, 0.1) is 0 Å². The normalized spacial score (nSPS) is 26.7. The van der Waals surface area contributed by atoms with Gasteiger partial charge in [-0.1, -0.05) is 0 Å². The number of carbonyl (C=O) groups is 1. The molecule has 4 heteroatoms. The zero-order chi connectivity index (χ0) is 7.40. The molecule has 0 aromatic heterocycles. The predicted molar refractivity (Wildman–Crippen MR) is 42.7 cm³/mol. The van der Waals surface area contributed by atoms with Crippen LogP contribution in [0.3, 0.4) is 0 Å². The van der Waals surface area contributed by atoms with Gasteiger partial charge in [0.25, 0.3) is 0 Å². The number of nitrogens with zero attached hydrogens (tertiary/aromatic N) is 1. The maximum Gasteiger partial charge on any atom is 0.216 e. The van der Waals surface area contributed by atoms with Gasteiger partial charge in [-0.25, -0.2) is 0 Å². The molecule has 0 saturated carbocycles. The molecule has 1 fully saturated rings. The Morgan fingerprint density at radius 2 is 2.60 bits per heavy atom. The Labute approximate surface area is 65.3 Å². The van der Waals surface area contributed by atoms with Crippen molar-refractivity contribution in [3.63, 3.8) is 0 Å². The van der Waals surface area contributed by atoms with E-state index in [9.17, 15) is 4.79 Å². The zero-order valence-electron chi connectivity index (χ0n) is 6.04. The topological polar surface area (TPSA) is 32.3 Å². The average Bonchev–Trinajstić information content (AvgIpc) is 2.31. The monoisotopic (exact) mass is 160 g/mol. The van der Waals surface area contributed by atoms with Crippen LogP contribution in [0.2, 0.25) is 0 Å². The van der Waals surface area contributed by atoms with E-state index in [-0.39, 0.29) is 0 Å². The number of hydrogen-bond acceptors (Lipinski definition) is 3. The molecule has 0 radical (unpaired) electrons. The molecule has 1 N–H and O–H groups in total. The molecule has 1 saturated heterocycles. The van der Waals surface area contributed by atoms with Gasteiger partial charge in [0, 0.05) is 11.8 Å². The van der Waals surface area contributed by atoms with Gasteiger partial charge in [0.15, 0.2) is 0 Å². The van der Waals surface area contributed by atoms with Gasteiger partial charge in [0.2, 0.25) is 6.41 Å². The molecule has 1 heterocycles. The molecule has 58 valence electrons. The Morgan fingerprint density at radius 3 is 3.10 bits per heavy atom. The molecule has 1 aliphatic heterocycles. The predicted octanol–water partition coefficient (Wildman–Crippen LogP) is 0.0847. The van der Waals surface area contributed by atoms with E-state index < -0.39 is 0 Å². The minimum absolute atomic E-state index is 0.593. The standard InChI is InChI=1S/C6H12N2OS/c1-8-3-2-6(4-8)10-7-5-9/h5-6H,2-4H2,1H3,(H,7,9). The summed E-state index contributed by atoms with van der Waals surface area (Å²) in [4.78, 5) is 12.2. The second kappa shape index (κ2) is 3.83. The Morgan fingerprint density at radius 1 is 1.80 bits per heavy atom. The van der Waals surface area contributed by atoms with Gasteiger partial charge in [-0.2, -0.15) is 0 Å². The van der Waals surface area contributed by atoms with Crippen molar-refractivity contribution < 1.29 is 4.79 Å². The van der Waals surface area contributed by atoms with E-state index in [2.05, 4.69) is 16.7 Å². The lowest BCUT2D eigenvalue weighted by molar-refractivity contribution is -0.107. The summed E-state index contributed by atoms with van der Waals surface area (Å²) in [5.41, 5.74) is 0. The van der Waals surface area contributed by atoms with Crippen LogP contribution in [0.5, 0.6) is 0 Å². The van der Waals surface area contributed by atoms with Crippen LogP contribution >= 0.6 is 11.9 Å². The number of carbonyl (C=O) groups excluding carboxylic acids is 1. The molecule has 1 atom stereocenters. The zero-order valence-corrected chi connectivity index (χ0v) is 6.86. The first-order valence-corrected chi connectivity index (χ1v) is 4.24. The maximum absolute atomic E-state index is 9.90. The van der Waals surface area contributed by atoms with Crippen LogP contribution < -0.4 is 4.72 Å². The van der Waals surface area contributed by atoms with Crippen LogP contribution in [0.1, 0.15) is 6.42 Å². The van der Waals surface area contributed by atoms with E-state index in [1.54, 1.807) is 0 Å². The molecule has 0 spiro atoms. The quantitative estimate of drug-likeness (QED) is 0.469. The summed E-state index contributed by atoms with van der Waals surface area (Å²) in [6.45, 7) is 2.24. The minimum atomic E-state index is 0.593. The Hall–Kier alpha value is -0.220. The first-order chi connectivity index (χ1) is 4.83. The third-order valence-electron chi connectivity index (χ3n) is 1.63. The van der Waals surface area contributed by atoms with E-state index in [0.717, 1.165) is 19.5 Å². The van der Waals surface area contributed by atoms with Crippen LogP contribution in [0, 0.1) is 0 Å². The van der Waals surface area contributed by atoms with Crippen molar-refractivity contribution in [1.29, 1.82) is 0 Å². The molecule has 1 aliphatic rings. The molecule has 10 heavy (non-hydrogen) atoms. The van der Waals surface area contributed by atoms with Crippen molar-refractivity contribution in [3.05, 3.63) is 0 Å². The smallest absolute Gasteiger partial charge is 0.216 e. The summed E-state index contributed by atoms with van der Waals surface area (Å²) in [7, 11) is 2.10. The molecule has 1 amide bonds. The fourth-order valence-corrected chi connectivity index (χ4v) is 1.92. The molecule has 0 aliphatic carbocycles. The minimum Gasteiger partial charge on any atom is -0.305 e. The summed E-state index contributed by atoms with van der Waals surface area (Å²) in [5, 5.41) is 0.593. The number of rotatable bonds is 3. The highest BCUT2D eigenvalue weighted by molar-refractivity contribution is 7.98. The van der Waals surface area contributed by atoms with E-state index in [4.69, 9.17) is 0 Å². The van der Waals surface area contributed by atoms with Crippen molar-refractivity contribution in [2.45, 2.75) is 11.7 Å². The third kappa shape index (κ3) is 2.19. The van der Waals surface area contributed by atoms with E-state index in [1.807, 2.05) is 0 Å². The fourth-order valence-electron chi connectivity index (χ4n) is 1.11. The van der Waals surface area contributed by atoms with Crippen molar-refractivity contribution in [3.8, 4) is 0 Å². The third-order valence-corrected chi connectivity index (χ3v) is 2.58. The molecular formula is C6H12N2OS. The molecule has 1 unspecified atom stereocenters. The highest BCUT2D eigenvalue weighted by Gasteiger charge is 2.19. The second-order valence-corrected chi connectivity index (χ2v) is 3.66. The lowest BCUT2D eigenvalue weighted by Gasteiger charge is -2.07. The lowest BCUT2D eigenvalue weighted by atomic mass is 10.4. The van der Waals surface area contributed by atoms with Crippen LogP contribution in [0.25, 0.3) is 0 Å². The Balaban J connectivity index is 2.12. The highest BCUT2D eigenvalue weighted by Crippen LogP contribution is 2.17. The number of hydrogen-bond donors (Lipinski definition) is 1. The van der Waals surface area contributed by atoms with Crippen LogP contribution in [0.15, 0.2) is 0 Å². The summed E-state index contributed by atoms with van der Waals surface area (Å²) in [6, 6.07) is 0. The van der Waals surface area contributed by atoms with Gasteiger partial charge in [-0.15, -0.1) is 0 Å².